The Hall–Kier alpha value is -1.58. The number of nitrogens with zero attached hydrogens (tertiary/aromatic N) is 1. The van der Waals surface area contributed by atoms with Crippen LogP contribution in [-0.2, 0) is 11.3 Å². The molecule has 0 bridgehead atoms. The quantitative estimate of drug-likeness (QED) is 0.445. The maximum atomic E-state index is 8.58. The lowest BCUT2D eigenvalue weighted by Crippen LogP contribution is -2.34. The van der Waals surface area contributed by atoms with Gasteiger partial charge in [-0.1, -0.05) is 6.07 Å². The Morgan fingerprint density at radius 1 is 1.58 bits per heavy atom. The first-order valence-electron chi connectivity index (χ1n) is 3.65. The first-order valence-corrected chi connectivity index (χ1v) is 3.65. The number of nitrogen functional groups attached to an aromatic ring is 1. The van der Waals surface area contributed by atoms with Crippen molar-refractivity contribution in [3.63, 3.8) is 0 Å². The molecule has 0 aromatic carbocycles. The molecule has 0 unspecified atom stereocenters. The van der Waals surface area contributed by atoms with Crippen molar-refractivity contribution in [3.8, 4) is 0 Å². The van der Waals surface area contributed by atoms with Gasteiger partial charge in [-0.2, -0.15) is 0 Å². The Morgan fingerprint density at radius 2 is 2.17 bits per heavy atom. The van der Waals surface area contributed by atoms with Gasteiger partial charge < -0.3 is 5.73 Å². The molecule has 4 nitrogen and oxygen atoms in total. The van der Waals surface area contributed by atoms with Crippen LogP contribution in [0.15, 0.2) is 24.4 Å². The van der Waals surface area contributed by atoms with Crippen LogP contribution < -0.4 is 16.0 Å². The second-order valence-corrected chi connectivity index (χ2v) is 2.05. The molecule has 0 aliphatic carbocycles. The van der Waals surface area contributed by atoms with Crippen molar-refractivity contribution in [3.05, 3.63) is 24.4 Å². The van der Waals surface area contributed by atoms with Crippen LogP contribution in [0.25, 0.3) is 0 Å². The Labute approximate surface area is 71.8 Å². The number of amides is 1. The number of carbonyl (C=O) groups excluding carboxylic acids is 1. The van der Waals surface area contributed by atoms with Crippen molar-refractivity contribution >= 4 is 12.2 Å². The highest BCUT2D eigenvalue weighted by Crippen LogP contribution is 1.88. The zero-order valence-corrected chi connectivity index (χ0v) is 7.10. The molecule has 0 saturated heterocycles. The predicted molar refractivity (Wildman–Crippen MR) is 47.0 cm³/mol. The first kappa shape index (κ1) is 10.4. The summed E-state index contributed by atoms with van der Waals surface area (Å²) in [7, 11) is 0. The molecule has 1 heterocycles. The van der Waals surface area contributed by atoms with Crippen LogP contribution in [0.1, 0.15) is 6.92 Å². The van der Waals surface area contributed by atoms with E-state index in [9.17, 15) is 0 Å². The van der Waals surface area contributed by atoms with Gasteiger partial charge >= 0.3 is 0 Å². The number of anilines is 1. The lowest BCUT2D eigenvalue weighted by Gasteiger charge is -1.95. The number of hydrogen-bond acceptors (Lipinski definition) is 2. The van der Waals surface area contributed by atoms with Gasteiger partial charge in [-0.3, -0.25) is 10.5 Å². The Morgan fingerprint density at radius 3 is 2.50 bits per heavy atom. The van der Waals surface area contributed by atoms with Gasteiger partial charge in [0.05, 0.1) is 12.7 Å². The van der Waals surface area contributed by atoms with E-state index in [1.54, 1.807) is 0 Å². The van der Waals surface area contributed by atoms with Crippen molar-refractivity contribution < 1.29 is 9.36 Å². The minimum atomic E-state index is 0.250. The summed E-state index contributed by atoms with van der Waals surface area (Å²) in [4.78, 5) is 8.58. The third-order valence-corrected chi connectivity index (χ3v) is 1.32. The summed E-state index contributed by atoms with van der Waals surface area (Å²) >= 11 is 0. The van der Waals surface area contributed by atoms with E-state index in [1.807, 2.05) is 29.0 Å². The van der Waals surface area contributed by atoms with Crippen LogP contribution in [0, 0.1) is 0 Å². The fraction of sp³-hybridized carbons (Fsp3) is 0.250. The number of rotatable bonds is 1. The first-order chi connectivity index (χ1) is 5.76. The number of nitrogens with two attached hydrogens (primary N) is 2. The van der Waals surface area contributed by atoms with E-state index in [1.165, 1.54) is 0 Å². The zero-order chi connectivity index (χ0) is 9.40. The van der Waals surface area contributed by atoms with Gasteiger partial charge in [0, 0.05) is 6.07 Å². The lowest BCUT2D eigenvalue weighted by molar-refractivity contribution is -0.679. The largest absolute Gasteiger partial charge is 0.372 e. The topological polar surface area (TPSA) is 73.0 Å². The Balaban J connectivity index is 0.000000354. The number of carbonyl (C=O) groups is 1. The zero-order valence-electron chi connectivity index (χ0n) is 7.10. The standard InChI is InChI=1S/C7H10N2.CH3NO/c1-2-9-6-4-3-5-7(9)8;2-1-3/h3-6,8H,2H2,1H3;1H,(H2,2,3)/p+1. The lowest BCUT2D eigenvalue weighted by atomic mass is 10.4. The third-order valence-electron chi connectivity index (χ3n) is 1.32. The molecule has 4 heteroatoms. The normalized spacial score (nSPS) is 8.08. The molecule has 0 aliphatic rings. The van der Waals surface area contributed by atoms with E-state index in [0.717, 1.165) is 12.4 Å². The molecule has 1 aromatic heterocycles. The van der Waals surface area contributed by atoms with Crippen LogP contribution in [0.2, 0.25) is 0 Å². The minimum absolute atomic E-state index is 0.250. The molecule has 66 valence electrons. The number of pyridine rings is 1. The van der Waals surface area contributed by atoms with Crippen molar-refractivity contribution in [2.75, 3.05) is 5.73 Å². The van der Waals surface area contributed by atoms with Crippen molar-refractivity contribution in [1.29, 1.82) is 0 Å². The van der Waals surface area contributed by atoms with E-state index in [-0.39, 0.29) is 6.41 Å². The summed E-state index contributed by atoms with van der Waals surface area (Å²) in [5.74, 6) is 0.819. The van der Waals surface area contributed by atoms with E-state index in [0.29, 0.717) is 0 Å². The molecule has 0 saturated carbocycles. The summed E-state index contributed by atoms with van der Waals surface area (Å²) in [6.45, 7) is 3.00. The van der Waals surface area contributed by atoms with Gasteiger partial charge in [-0.05, 0) is 13.0 Å². The highest BCUT2D eigenvalue weighted by molar-refractivity contribution is 5.42. The van der Waals surface area contributed by atoms with E-state index < -0.39 is 0 Å². The fourth-order valence-electron chi connectivity index (χ4n) is 0.778. The van der Waals surface area contributed by atoms with Crippen LogP contribution in [0.5, 0.6) is 0 Å². The third kappa shape index (κ3) is 3.55. The van der Waals surface area contributed by atoms with Crippen LogP contribution >= 0.6 is 0 Å². The molecule has 0 aliphatic heterocycles. The average molecular weight is 168 g/mol. The van der Waals surface area contributed by atoms with Crippen LogP contribution in [0.4, 0.5) is 5.82 Å². The molecule has 1 amide bonds. The molecule has 0 atom stereocenters. The summed E-state index contributed by atoms with van der Waals surface area (Å²) in [6.07, 6.45) is 2.22. The van der Waals surface area contributed by atoms with Crippen molar-refractivity contribution in [2.45, 2.75) is 13.5 Å². The van der Waals surface area contributed by atoms with Crippen LogP contribution in [-0.4, -0.2) is 6.41 Å². The number of aromatic nitrogens is 1. The van der Waals surface area contributed by atoms with Crippen molar-refractivity contribution in [2.24, 2.45) is 5.73 Å². The fourth-order valence-corrected chi connectivity index (χ4v) is 0.778. The second kappa shape index (κ2) is 6.15. The SMILES string of the molecule is CC[n+]1ccccc1N.NC=O. The van der Waals surface area contributed by atoms with Gasteiger partial charge in [0.25, 0.3) is 5.82 Å². The molecular formula is C8H14N3O+. The average Bonchev–Trinajstić information content (AvgIpc) is 2.07. The second-order valence-electron chi connectivity index (χ2n) is 2.05. The summed E-state index contributed by atoms with van der Waals surface area (Å²) in [5.41, 5.74) is 9.76. The molecule has 4 N–H and O–H groups in total. The minimum Gasteiger partial charge on any atom is -0.372 e. The van der Waals surface area contributed by atoms with E-state index >= 15 is 0 Å². The highest BCUT2D eigenvalue weighted by Gasteiger charge is 1.95. The van der Waals surface area contributed by atoms with Gasteiger partial charge in [0.15, 0.2) is 0 Å². The summed E-state index contributed by atoms with van der Waals surface area (Å²) < 4.78 is 1.99. The van der Waals surface area contributed by atoms with Gasteiger partial charge in [0.2, 0.25) is 6.41 Å². The molecular weight excluding hydrogens is 154 g/mol. The highest BCUT2D eigenvalue weighted by atomic mass is 16.1. The van der Waals surface area contributed by atoms with E-state index in [2.05, 4.69) is 12.7 Å². The molecule has 1 aromatic rings. The van der Waals surface area contributed by atoms with Crippen LogP contribution in [0.3, 0.4) is 0 Å². The van der Waals surface area contributed by atoms with Crippen molar-refractivity contribution in [1.82, 2.24) is 0 Å². The molecule has 0 fully saturated rings. The monoisotopic (exact) mass is 168 g/mol. The Kier molecular flexibility index (Phi) is 5.34. The number of aryl methyl sites for hydroxylation is 1. The van der Waals surface area contributed by atoms with Gasteiger partial charge in [-0.25, -0.2) is 4.57 Å². The molecule has 0 radical (unpaired) electrons. The predicted octanol–water partition coefficient (Wildman–Crippen LogP) is -0.322. The smallest absolute Gasteiger partial charge is 0.272 e. The molecule has 1 rings (SSSR count). The molecule has 12 heavy (non-hydrogen) atoms. The Bertz CT molecular complexity index is 237. The number of primary amides is 1. The van der Waals surface area contributed by atoms with E-state index in [4.69, 9.17) is 10.5 Å². The number of hydrogen-bond donors (Lipinski definition) is 2. The van der Waals surface area contributed by atoms with Gasteiger partial charge in [-0.15, -0.1) is 0 Å². The summed E-state index contributed by atoms with van der Waals surface area (Å²) in [5, 5.41) is 0. The summed E-state index contributed by atoms with van der Waals surface area (Å²) in [6, 6.07) is 5.80. The van der Waals surface area contributed by atoms with Gasteiger partial charge in [0.1, 0.15) is 0 Å². The molecule has 0 spiro atoms. The maximum Gasteiger partial charge on any atom is 0.272 e. The maximum absolute atomic E-state index is 8.58.